The molecule has 0 spiro atoms. The van der Waals surface area contributed by atoms with Crippen molar-refractivity contribution in [1.29, 1.82) is 0 Å². The van der Waals surface area contributed by atoms with Crippen molar-refractivity contribution in [2.24, 2.45) is 0 Å². The second-order valence-electron chi connectivity index (χ2n) is 6.99. The summed E-state index contributed by atoms with van der Waals surface area (Å²) in [5.74, 6) is 0. The third kappa shape index (κ3) is 4.46. The number of aliphatic hydroxyl groups excluding tert-OH is 8. The van der Waals surface area contributed by atoms with Crippen molar-refractivity contribution in [2.45, 2.75) is 73.8 Å². The highest BCUT2D eigenvalue weighted by atomic mass is 16.7. The van der Waals surface area contributed by atoms with Crippen LogP contribution in [0.3, 0.4) is 0 Å². The lowest BCUT2D eigenvalue weighted by atomic mass is 10.0. The van der Waals surface area contributed by atoms with Gasteiger partial charge < -0.3 is 64.5 Å². The maximum absolute atomic E-state index is 10.3. The van der Waals surface area contributed by atoms with Crippen LogP contribution in [0.5, 0.6) is 0 Å². The maximum atomic E-state index is 10.3. The second kappa shape index (κ2) is 9.09. The average molecular weight is 414 g/mol. The van der Waals surface area contributed by atoms with Gasteiger partial charge in [-0.2, -0.15) is 0 Å². The van der Waals surface area contributed by atoms with E-state index in [0.29, 0.717) is 0 Å². The van der Waals surface area contributed by atoms with E-state index in [1.807, 2.05) is 0 Å². The molecule has 3 fully saturated rings. The summed E-state index contributed by atoms with van der Waals surface area (Å²) in [7, 11) is 0. The Balaban J connectivity index is 1.54. The van der Waals surface area contributed by atoms with Gasteiger partial charge in [0.2, 0.25) is 0 Å². The lowest BCUT2D eigenvalue weighted by Crippen LogP contribution is -2.61. The highest BCUT2D eigenvalue weighted by Gasteiger charge is 2.47. The zero-order valence-corrected chi connectivity index (χ0v) is 14.7. The van der Waals surface area contributed by atoms with Crippen molar-refractivity contribution in [2.75, 3.05) is 19.8 Å². The molecule has 0 radical (unpaired) electrons. The fourth-order valence-corrected chi connectivity index (χ4v) is 3.15. The number of ether oxygens (including phenoxy) is 5. The standard InChI is InChI=1S/C15H26O13/c16-4-1-25-14(11(21)7(4)17)28-6-3-26-15(12(22)9(6)19)27-5-2-24-13(23)10(20)8(5)18/h4-23H,1-3H2/t4-,5-,6?,7+,8-,9+,10-,11-,12+,13?,14?,15-/m1/s1. The molecule has 28 heavy (non-hydrogen) atoms. The monoisotopic (exact) mass is 414 g/mol. The lowest BCUT2D eigenvalue weighted by molar-refractivity contribution is -0.346. The first kappa shape index (κ1) is 22.2. The Morgan fingerprint density at radius 2 is 0.964 bits per heavy atom. The van der Waals surface area contributed by atoms with Gasteiger partial charge in [0.05, 0.1) is 19.8 Å². The fraction of sp³-hybridized carbons (Fsp3) is 1.00. The Morgan fingerprint density at radius 1 is 0.500 bits per heavy atom. The van der Waals surface area contributed by atoms with Crippen molar-refractivity contribution in [3.63, 3.8) is 0 Å². The van der Waals surface area contributed by atoms with E-state index in [-0.39, 0.29) is 19.8 Å². The number of rotatable bonds is 4. The fourth-order valence-electron chi connectivity index (χ4n) is 3.15. The topological polar surface area (TPSA) is 208 Å². The highest BCUT2D eigenvalue weighted by Crippen LogP contribution is 2.26. The van der Waals surface area contributed by atoms with Gasteiger partial charge in [-0.25, -0.2) is 0 Å². The SMILES string of the molecule is OC1OC[C@@H](O[C@H]2OCC(OC3OC[C@@H](O)[C@H](O)[C@H]3O)[C@H](O)[C@@H]2O)[C@@H](O)[C@H]1O. The molecule has 0 aliphatic carbocycles. The van der Waals surface area contributed by atoms with E-state index in [9.17, 15) is 40.9 Å². The van der Waals surface area contributed by atoms with Crippen molar-refractivity contribution in [3.05, 3.63) is 0 Å². The number of aliphatic hydroxyl groups is 8. The van der Waals surface area contributed by atoms with Gasteiger partial charge in [0.15, 0.2) is 18.9 Å². The molecule has 3 aliphatic rings. The molecule has 0 aromatic heterocycles. The Hall–Kier alpha value is -0.520. The number of hydrogen-bond acceptors (Lipinski definition) is 13. The third-order valence-electron chi connectivity index (χ3n) is 4.96. The van der Waals surface area contributed by atoms with E-state index in [1.165, 1.54) is 0 Å². The maximum Gasteiger partial charge on any atom is 0.186 e. The van der Waals surface area contributed by atoms with Gasteiger partial charge in [-0.15, -0.1) is 0 Å². The summed E-state index contributed by atoms with van der Waals surface area (Å²) in [5, 5.41) is 78.3. The molecule has 13 heteroatoms. The zero-order valence-electron chi connectivity index (χ0n) is 14.7. The summed E-state index contributed by atoms with van der Waals surface area (Å²) in [4.78, 5) is 0. The van der Waals surface area contributed by atoms with Crippen LogP contribution in [0.2, 0.25) is 0 Å². The summed E-state index contributed by atoms with van der Waals surface area (Å²) in [6, 6.07) is 0. The van der Waals surface area contributed by atoms with Gasteiger partial charge in [0.25, 0.3) is 0 Å². The molecule has 3 saturated heterocycles. The molecular formula is C15H26O13. The molecule has 0 saturated carbocycles. The lowest BCUT2D eigenvalue weighted by Gasteiger charge is -2.43. The Kier molecular flexibility index (Phi) is 7.20. The first-order chi connectivity index (χ1) is 13.2. The van der Waals surface area contributed by atoms with Crippen molar-refractivity contribution in [1.82, 2.24) is 0 Å². The normalized spacial score (nSPS) is 53.1. The third-order valence-corrected chi connectivity index (χ3v) is 4.96. The zero-order chi connectivity index (χ0) is 20.6. The Morgan fingerprint density at radius 3 is 1.57 bits per heavy atom. The summed E-state index contributed by atoms with van der Waals surface area (Å²) < 4.78 is 25.9. The molecule has 3 aliphatic heterocycles. The molecule has 164 valence electrons. The molecule has 3 unspecified atom stereocenters. The quantitative estimate of drug-likeness (QED) is 0.216. The second-order valence-corrected chi connectivity index (χ2v) is 6.99. The van der Waals surface area contributed by atoms with Gasteiger partial charge in [-0.1, -0.05) is 0 Å². The molecular weight excluding hydrogens is 388 g/mol. The predicted octanol–water partition coefficient (Wildman–Crippen LogP) is -5.66. The summed E-state index contributed by atoms with van der Waals surface area (Å²) >= 11 is 0. The Bertz CT molecular complexity index is 464. The van der Waals surface area contributed by atoms with Crippen LogP contribution in [0.25, 0.3) is 0 Å². The van der Waals surface area contributed by atoms with Crippen LogP contribution in [0.4, 0.5) is 0 Å². The van der Waals surface area contributed by atoms with Crippen LogP contribution in [0, 0.1) is 0 Å². The molecule has 0 amide bonds. The van der Waals surface area contributed by atoms with Gasteiger partial charge >= 0.3 is 0 Å². The molecule has 12 atom stereocenters. The van der Waals surface area contributed by atoms with Crippen LogP contribution in [0.1, 0.15) is 0 Å². The van der Waals surface area contributed by atoms with Crippen molar-refractivity contribution < 1.29 is 64.5 Å². The van der Waals surface area contributed by atoms with Crippen LogP contribution in [-0.2, 0) is 23.7 Å². The smallest absolute Gasteiger partial charge is 0.186 e. The van der Waals surface area contributed by atoms with E-state index in [2.05, 4.69) is 0 Å². The molecule has 8 N–H and O–H groups in total. The van der Waals surface area contributed by atoms with Crippen LogP contribution in [-0.4, -0.2) is 134 Å². The van der Waals surface area contributed by atoms with Crippen molar-refractivity contribution in [3.8, 4) is 0 Å². The van der Waals surface area contributed by atoms with E-state index >= 15 is 0 Å². The minimum absolute atomic E-state index is 0.287. The Labute approximate surface area is 159 Å². The molecule has 3 heterocycles. The van der Waals surface area contributed by atoms with E-state index < -0.39 is 73.8 Å². The number of hydrogen-bond donors (Lipinski definition) is 8. The van der Waals surface area contributed by atoms with Gasteiger partial charge in [0, 0.05) is 0 Å². The molecule has 0 bridgehead atoms. The van der Waals surface area contributed by atoms with E-state index in [4.69, 9.17) is 23.7 Å². The first-order valence-electron chi connectivity index (χ1n) is 8.81. The highest BCUT2D eigenvalue weighted by molar-refractivity contribution is 4.89. The van der Waals surface area contributed by atoms with Crippen molar-refractivity contribution >= 4 is 0 Å². The first-order valence-corrected chi connectivity index (χ1v) is 8.81. The van der Waals surface area contributed by atoms with Gasteiger partial charge in [0.1, 0.15) is 54.9 Å². The van der Waals surface area contributed by atoms with Crippen LogP contribution >= 0.6 is 0 Å². The van der Waals surface area contributed by atoms with Crippen LogP contribution < -0.4 is 0 Å². The molecule has 13 nitrogen and oxygen atoms in total. The summed E-state index contributed by atoms with van der Waals surface area (Å²) in [6.07, 6.45) is -17.3. The van der Waals surface area contributed by atoms with Gasteiger partial charge in [-0.3, -0.25) is 0 Å². The molecule has 0 aromatic rings. The predicted molar refractivity (Wildman–Crippen MR) is 83.2 cm³/mol. The summed E-state index contributed by atoms with van der Waals surface area (Å²) in [6.45, 7) is -0.887. The average Bonchev–Trinajstić information content (AvgIpc) is 2.68. The van der Waals surface area contributed by atoms with E-state index in [1.54, 1.807) is 0 Å². The summed E-state index contributed by atoms with van der Waals surface area (Å²) in [5.41, 5.74) is 0. The minimum atomic E-state index is -1.63. The van der Waals surface area contributed by atoms with Crippen LogP contribution in [0.15, 0.2) is 0 Å². The van der Waals surface area contributed by atoms with Gasteiger partial charge in [-0.05, 0) is 0 Å². The molecule has 0 aromatic carbocycles. The van der Waals surface area contributed by atoms with E-state index in [0.717, 1.165) is 0 Å². The minimum Gasteiger partial charge on any atom is -0.388 e. The largest absolute Gasteiger partial charge is 0.388 e. The molecule has 3 rings (SSSR count).